The number of carbonyl (C=O) groups is 2. The molecule has 0 bridgehead atoms. The molecule has 10 heteroatoms. The molecule has 2 aliphatic heterocycles. The first-order valence-corrected chi connectivity index (χ1v) is 11.0. The largest absolute Gasteiger partial charge is 0.466 e. The van der Waals surface area contributed by atoms with E-state index in [1.807, 2.05) is 10.3 Å². The van der Waals surface area contributed by atoms with Crippen LogP contribution in [0, 0.1) is 5.82 Å². The standard InChI is InChI=1S/C21H20ClFN4O3S/c1-3-16(28)25-12-9-15-17(21(29)30-2)18(13-5-4-11(23)8-14(13)22)26-19(27(15)10-12)20-24-6-7-31-20/h4-8,12,18H,3,9-10H2,1-2H3,(H,25,28)/t12-,18-/m0/s1. The second-order valence-electron chi connectivity index (χ2n) is 7.14. The van der Waals surface area contributed by atoms with Gasteiger partial charge in [0, 0.05) is 47.2 Å². The Bertz CT molecular complexity index is 1090. The van der Waals surface area contributed by atoms with Crippen molar-refractivity contribution in [1.82, 2.24) is 15.2 Å². The van der Waals surface area contributed by atoms with E-state index in [1.165, 1.54) is 36.6 Å². The van der Waals surface area contributed by atoms with Crippen LogP contribution in [0.15, 0.2) is 46.0 Å². The Hall–Kier alpha value is -2.78. The fourth-order valence-corrected chi connectivity index (χ4v) is 4.75. The minimum Gasteiger partial charge on any atom is -0.466 e. The van der Waals surface area contributed by atoms with Crippen molar-refractivity contribution < 1.29 is 18.7 Å². The van der Waals surface area contributed by atoms with E-state index < -0.39 is 17.8 Å². The number of halogens is 2. The number of nitrogens with zero attached hydrogens (tertiary/aromatic N) is 3. The van der Waals surface area contributed by atoms with E-state index in [0.717, 1.165) is 0 Å². The summed E-state index contributed by atoms with van der Waals surface area (Å²) < 4.78 is 18.7. The van der Waals surface area contributed by atoms with E-state index in [4.69, 9.17) is 21.3 Å². The number of hydrogen-bond donors (Lipinski definition) is 1. The number of esters is 1. The van der Waals surface area contributed by atoms with E-state index in [2.05, 4.69) is 10.3 Å². The third-order valence-electron chi connectivity index (χ3n) is 5.23. The Kier molecular flexibility index (Phi) is 6.06. The number of nitrogens with one attached hydrogen (secondary N) is 1. The summed E-state index contributed by atoms with van der Waals surface area (Å²) in [4.78, 5) is 36.0. The molecule has 1 fully saturated rings. The van der Waals surface area contributed by atoms with Gasteiger partial charge in [-0.2, -0.15) is 0 Å². The van der Waals surface area contributed by atoms with Crippen molar-refractivity contribution in [2.45, 2.75) is 31.8 Å². The van der Waals surface area contributed by atoms with Gasteiger partial charge in [-0.3, -0.25) is 9.79 Å². The Balaban J connectivity index is 1.86. The van der Waals surface area contributed by atoms with Gasteiger partial charge in [-0.1, -0.05) is 24.6 Å². The summed E-state index contributed by atoms with van der Waals surface area (Å²) >= 11 is 7.75. The Morgan fingerprint density at radius 2 is 2.23 bits per heavy atom. The Morgan fingerprint density at radius 3 is 2.87 bits per heavy atom. The van der Waals surface area contributed by atoms with Crippen LogP contribution < -0.4 is 5.32 Å². The Morgan fingerprint density at radius 1 is 1.42 bits per heavy atom. The molecule has 1 amide bonds. The van der Waals surface area contributed by atoms with Crippen LogP contribution in [0.5, 0.6) is 0 Å². The van der Waals surface area contributed by atoms with Crippen LogP contribution in [-0.2, 0) is 14.3 Å². The van der Waals surface area contributed by atoms with Crippen molar-refractivity contribution >= 4 is 40.6 Å². The summed E-state index contributed by atoms with van der Waals surface area (Å²) in [7, 11) is 1.30. The minimum absolute atomic E-state index is 0.0732. The van der Waals surface area contributed by atoms with Crippen molar-refractivity contribution in [3.8, 4) is 0 Å². The molecule has 4 rings (SSSR count). The highest BCUT2D eigenvalue weighted by Gasteiger charge is 2.42. The summed E-state index contributed by atoms with van der Waals surface area (Å²) in [5.41, 5.74) is 1.51. The molecule has 0 aliphatic carbocycles. The highest BCUT2D eigenvalue weighted by Crippen LogP contribution is 2.42. The molecule has 3 heterocycles. The number of aromatic nitrogens is 1. The fraction of sp³-hybridized carbons (Fsp3) is 0.333. The zero-order valence-electron chi connectivity index (χ0n) is 16.9. The molecule has 1 aromatic carbocycles. The van der Waals surface area contributed by atoms with Crippen LogP contribution in [0.2, 0.25) is 5.02 Å². The molecular weight excluding hydrogens is 443 g/mol. The van der Waals surface area contributed by atoms with Gasteiger partial charge >= 0.3 is 5.97 Å². The number of hydrogen-bond acceptors (Lipinski definition) is 7. The summed E-state index contributed by atoms with van der Waals surface area (Å²) in [6.45, 7) is 2.23. The number of thiazole rings is 1. The molecule has 1 N–H and O–H groups in total. The lowest BCUT2D eigenvalue weighted by molar-refractivity contribution is -0.136. The zero-order chi connectivity index (χ0) is 22.1. The number of aliphatic imine (C=N–C) groups is 1. The monoisotopic (exact) mass is 462 g/mol. The molecule has 0 unspecified atom stereocenters. The van der Waals surface area contributed by atoms with Gasteiger partial charge in [0.15, 0.2) is 10.8 Å². The molecule has 162 valence electrons. The first-order valence-electron chi connectivity index (χ1n) is 9.73. The third kappa shape index (κ3) is 4.07. The summed E-state index contributed by atoms with van der Waals surface area (Å²) in [6.07, 6.45) is 2.46. The van der Waals surface area contributed by atoms with Gasteiger partial charge < -0.3 is 15.0 Å². The quantitative estimate of drug-likeness (QED) is 0.688. The molecule has 31 heavy (non-hydrogen) atoms. The van der Waals surface area contributed by atoms with E-state index in [0.29, 0.717) is 47.1 Å². The number of carbonyl (C=O) groups excluding carboxylic acids is 2. The lowest BCUT2D eigenvalue weighted by Crippen LogP contribution is -2.39. The lowest BCUT2D eigenvalue weighted by atomic mass is 9.94. The molecular formula is C21H20ClFN4O3S. The van der Waals surface area contributed by atoms with Crippen molar-refractivity contribution in [2.75, 3.05) is 13.7 Å². The van der Waals surface area contributed by atoms with Crippen molar-refractivity contribution in [2.24, 2.45) is 4.99 Å². The average Bonchev–Trinajstić information content (AvgIpc) is 3.42. The molecule has 1 aromatic heterocycles. The van der Waals surface area contributed by atoms with Gasteiger partial charge in [0.05, 0.1) is 18.7 Å². The normalized spacial score (nSPS) is 20.4. The third-order valence-corrected chi connectivity index (χ3v) is 6.33. The van der Waals surface area contributed by atoms with Gasteiger partial charge in [-0.05, 0) is 12.1 Å². The van der Waals surface area contributed by atoms with E-state index >= 15 is 0 Å². The maximum absolute atomic E-state index is 13.7. The fourth-order valence-electron chi connectivity index (χ4n) is 3.84. The number of fused-ring (bicyclic) bond motifs is 1. The smallest absolute Gasteiger partial charge is 0.338 e. The minimum atomic E-state index is -0.786. The van der Waals surface area contributed by atoms with Gasteiger partial charge in [0.1, 0.15) is 11.9 Å². The first kappa shape index (κ1) is 21.5. The molecule has 2 atom stereocenters. The number of benzene rings is 1. The number of amides is 1. The second-order valence-corrected chi connectivity index (χ2v) is 8.44. The Labute approximate surface area is 187 Å². The number of rotatable bonds is 5. The van der Waals surface area contributed by atoms with Gasteiger partial charge in [0.25, 0.3) is 0 Å². The van der Waals surface area contributed by atoms with E-state index in [9.17, 15) is 14.0 Å². The van der Waals surface area contributed by atoms with Crippen LogP contribution in [0.3, 0.4) is 0 Å². The summed E-state index contributed by atoms with van der Waals surface area (Å²) in [5.74, 6) is -0.521. The van der Waals surface area contributed by atoms with Crippen LogP contribution in [-0.4, -0.2) is 47.3 Å². The summed E-state index contributed by atoms with van der Waals surface area (Å²) in [6, 6.07) is 3.02. The van der Waals surface area contributed by atoms with Crippen molar-refractivity contribution in [1.29, 1.82) is 0 Å². The predicted octanol–water partition coefficient (Wildman–Crippen LogP) is 3.46. The predicted molar refractivity (Wildman–Crippen MR) is 115 cm³/mol. The number of ether oxygens (including phenoxy) is 1. The van der Waals surface area contributed by atoms with Crippen molar-refractivity contribution in [3.63, 3.8) is 0 Å². The molecule has 2 aliphatic rings. The molecule has 2 aromatic rings. The van der Waals surface area contributed by atoms with E-state index in [-0.39, 0.29) is 17.0 Å². The second kappa shape index (κ2) is 8.76. The lowest BCUT2D eigenvalue weighted by Gasteiger charge is -2.31. The highest BCUT2D eigenvalue weighted by molar-refractivity contribution is 7.11. The number of methoxy groups -OCH3 is 1. The van der Waals surface area contributed by atoms with Gasteiger partial charge in [-0.25, -0.2) is 14.2 Å². The van der Waals surface area contributed by atoms with Gasteiger partial charge in [-0.15, -0.1) is 11.3 Å². The van der Waals surface area contributed by atoms with Crippen LogP contribution >= 0.6 is 22.9 Å². The maximum Gasteiger partial charge on any atom is 0.338 e. The average molecular weight is 463 g/mol. The highest BCUT2D eigenvalue weighted by atomic mass is 35.5. The van der Waals surface area contributed by atoms with E-state index in [1.54, 1.807) is 13.1 Å². The molecule has 0 saturated carbocycles. The van der Waals surface area contributed by atoms with Gasteiger partial charge in [0.2, 0.25) is 5.91 Å². The molecule has 1 saturated heterocycles. The zero-order valence-corrected chi connectivity index (χ0v) is 18.5. The summed E-state index contributed by atoms with van der Waals surface area (Å²) in [5, 5.41) is 5.66. The topological polar surface area (TPSA) is 83.9 Å². The van der Waals surface area contributed by atoms with Crippen LogP contribution in [0.1, 0.15) is 36.4 Å². The molecule has 7 nitrogen and oxygen atoms in total. The van der Waals surface area contributed by atoms with Crippen molar-refractivity contribution in [3.05, 3.63) is 62.5 Å². The number of amidine groups is 1. The van der Waals surface area contributed by atoms with Crippen LogP contribution in [0.4, 0.5) is 4.39 Å². The SMILES string of the molecule is CCC(=O)N[C@H]1CC2=C(C(=O)OC)[C@H](c3ccc(F)cc3Cl)N=C(c3nccs3)N2C1. The molecule has 0 spiro atoms. The molecule has 0 radical (unpaired) electrons. The van der Waals surface area contributed by atoms with Crippen LogP contribution in [0.25, 0.3) is 0 Å². The first-order chi connectivity index (χ1) is 14.9. The maximum atomic E-state index is 13.7.